The molecule has 2 heterocycles. The van der Waals surface area contributed by atoms with Crippen molar-refractivity contribution >= 4 is 27.6 Å². The van der Waals surface area contributed by atoms with Gasteiger partial charge in [0.15, 0.2) is 0 Å². The predicted molar refractivity (Wildman–Crippen MR) is 96.6 cm³/mol. The molecule has 0 atom stereocenters. The van der Waals surface area contributed by atoms with E-state index in [9.17, 15) is 14.0 Å². The molecule has 1 aliphatic heterocycles. The first-order chi connectivity index (χ1) is 11.7. The van der Waals surface area contributed by atoms with Gasteiger partial charge in [0, 0.05) is 19.6 Å². The van der Waals surface area contributed by atoms with Gasteiger partial charge in [0.2, 0.25) is 0 Å². The normalized spacial score (nSPS) is 16.4. The van der Waals surface area contributed by atoms with Crippen molar-refractivity contribution in [2.75, 3.05) is 13.1 Å². The standard InChI is InChI=1S/C18H23FN2O3S/c1-18(2,3)24-16(22)20-8-6-12(7-9-20)11-21-14-5-4-13(19)10-15(14)25-17(21)23/h4-5,10,12H,6-9,11H2,1-3H3. The average molecular weight is 366 g/mol. The van der Waals surface area contributed by atoms with E-state index in [0.717, 1.165) is 29.7 Å². The van der Waals surface area contributed by atoms with Crippen LogP contribution in [0.1, 0.15) is 33.6 Å². The van der Waals surface area contributed by atoms with Gasteiger partial charge in [0.05, 0.1) is 10.2 Å². The number of thiazole rings is 1. The highest BCUT2D eigenvalue weighted by Crippen LogP contribution is 2.24. The number of halogens is 1. The SMILES string of the molecule is CC(C)(C)OC(=O)N1CCC(Cn2c(=O)sc3cc(F)ccc32)CC1. The lowest BCUT2D eigenvalue weighted by atomic mass is 9.97. The molecule has 25 heavy (non-hydrogen) atoms. The third-order valence-electron chi connectivity index (χ3n) is 4.34. The highest BCUT2D eigenvalue weighted by atomic mass is 32.1. The van der Waals surface area contributed by atoms with Crippen LogP contribution in [0.4, 0.5) is 9.18 Å². The second kappa shape index (κ2) is 6.78. The van der Waals surface area contributed by atoms with Gasteiger partial charge in [-0.05, 0) is 57.7 Å². The lowest BCUT2D eigenvalue weighted by Gasteiger charge is -2.33. The van der Waals surface area contributed by atoms with E-state index < -0.39 is 5.60 Å². The largest absolute Gasteiger partial charge is 0.444 e. The number of piperidine rings is 1. The fourth-order valence-electron chi connectivity index (χ4n) is 3.10. The first-order valence-electron chi connectivity index (χ1n) is 8.50. The molecule has 1 fully saturated rings. The first-order valence-corrected chi connectivity index (χ1v) is 9.31. The van der Waals surface area contributed by atoms with Crippen LogP contribution in [0.25, 0.3) is 10.2 Å². The fourth-order valence-corrected chi connectivity index (χ4v) is 4.02. The van der Waals surface area contributed by atoms with E-state index in [1.165, 1.54) is 12.1 Å². The maximum atomic E-state index is 13.3. The van der Waals surface area contributed by atoms with E-state index in [-0.39, 0.29) is 16.8 Å². The van der Waals surface area contributed by atoms with Gasteiger partial charge in [-0.3, -0.25) is 9.36 Å². The predicted octanol–water partition coefficient (Wildman–Crippen LogP) is 3.85. The summed E-state index contributed by atoms with van der Waals surface area (Å²) < 4.78 is 21.1. The molecule has 3 rings (SSSR count). The summed E-state index contributed by atoms with van der Waals surface area (Å²) in [6.45, 7) is 7.43. The second-order valence-electron chi connectivity index (χ2n) is 7.50. The number of carbonyl (C=O) groups excluding carboxylic acids is 1. The zero-order chi connectivity index (χ0) is 18.2. The topological polar surface area (TPSA) is 51.5 Å². The van der Waals surface area contributed by atoms with Gasteiger partial charge in [-0.15, -0.1) is 0 Å². The summed E-state index contributed by atoms with van der Waals surface area (Å²) in [5, 5.41) is 0. The summed E-state index contributed by atoms with van der Waals surface area (Å²) in [7, 11) is 0. The van der Waals surface area contributed by atoms with Crippen molar-refractivity contribution in [3.63, 3.8) is 0 Å². The Hall–Kier alpha value is -1.89. The van der Waals surface area contributed by atoms with Crippen LogP contribution < -0.4 is 4.87 Å². The minimum absolute atomic E-state index is 0.0600. The van der Waals surface area contributed by atoms with Crippen LogP contribution in [0.3, 0.4) is 0 Å². The molecule has 0 saturated carbocycles. The molecule has 7 heteroatoms. The first kappa shape index (κ1) is 17.9. The Kier molecular flexibility index (Phi) is 4.86. The number of nitrogens with zero attached hydrogens (tertiary/aromatic N) is 2. The Morgan fingerprint density at radius 2 is 2.00 bits per heavy atom. The average Bonchev–Trinajstić information content (AvgIpc) is 2.81. The molecular weight excluding hydrogens is 343 g/mol. The van der Waals surface area contributed by atoms with Crippen LogP contribution in [0, 0.1) is 11.7 Å². The number of carbonyl (C=O) groups is 1. The van der Waals surface area contributed by atoms with E-state index >= 15 is 0 Å². The third-order valence-corrected chi connectivity index (χ3v) is 5.28. The molecule has 2 aromatic rings. The van der Waals surface area contributed by atoms with Crippen molar-refractivity contribution in [1.29, 1.82) is 0 Å². The number of aromatic nitrogens is 1. The van der Waals surface area contributed by atoms with Crippen molar-refractivity contribution in [3.8, 4) is 0 Å². The monoisotopic (exact) mass is 366 g/mol. The van der Waals surface area contributed by atoms with Crippen molar-refractivity contribution in [1.82, 2.24) is 9.47 Å². The van der Waals surface area contributed by atoms with Gasteiger partial charge in [-0.25, -0.2) is 9.18 Å². The van der Waals surface area contributed by atoms with E-state index in [0.29, 0.717) is 30.3 Å². The zero-order valence-corrected chi connectivity index (χ0v) is 15.6. The Morgan fingerprint density at radius 1 is 1.32 bits per heavy atom. The number of ether oxygens (including phenoxy) is 1. The summed E-state index contributed by atoms with van der Waals surface area (Å²) in [6.07, 6.45) is 1.37. The maximum absolute atomic E-state index is 13.3. The summed E-state index contributed by atoms with van der Waals surface area (Å²) in [4.78, 5) is 26.0. The lowest BCUT2D eigenvalue weighted by Crippen LogP contribution is -2.42. The number of benzene rings is 1. The molecular formula is C18H23FN2O3S. The number of fused-ring (bicyclic) bond motifs is 1. The number of hydrogen-bond acceptors (Lipinski definition) is 4. The van der Waals surface area contributed by atoms with Crippen LogP contribution >= 0.6 is 11.3 Å². The summed E-state index contributed by atoms with van der Waals surface area (Å²) in [5.74, 6) is -0.00851. The maximum Gasteiger partial charge on any atom is 0.410 e. The smallest absolute Gasteiger partial charge is 0.410 e. The number of likely N-dealkylation sites (tertiary alicyclic amines) is 1. The van der Waals surface area contributed by atoms with E-state index in [4.69, 9.17) is 4.74 Å². The highest BCUT2D eigenvalue weighted by molar-refractivity contribution is 7.16. The molecule has 0 radical (unpaired) electrons. The third kappa shape index (κ3) is 4.21. The number of rotatable bonds is 2. The molecule has 1 aliphatic rings. The van der Waals surface area contributed by atoms with Crippen LogP contribution in [0.15, 0.2) is 23.0 Å². The molecule has 0 N–H and O–H groups in total. The molecule has 136 valence electrons. The zero-order valence-electron chi connectivity index (χ0n) is 14.8. The summed E-state index contributed by atoms with van der Waals surface area (Å²) in [5.41, 5.74) is 0.289. The number of hydrogen-bond donors (Lipinski definition) is 0. The molecule has 0 bridgehead atoms. The van der Waals surface area contributed by atoms with Crippen LogP contribution in [-0.2, 0) is 11.3 Å². The van der Waals surface area contributed by atoms with Crippen molar-refractivity contribution in [2.45, 2.75) is 45.8 Å². The quantitative estimate of drug-likeness (QED) is 0.811. The lowest BCUT2D eigenvalue weighted by molar-refractivity contribution is 0.0178. The molecule has 1 saturated heterocycles. The van der Waals surface area contributed by atoms with Gasteiger partial charge >= 0.3 is 11.0 Å². The highest BCUT2D eigenvalue weighted by Gasteiger charge is 2.27. The minimum atomic E-state index is -0.494. The van der Waals surface area contributed by atoms with Crippen molar-refractivity contribution in [3.05, 3.63) is 33.7 Å². The summed E-state index contributed by atoms with van der Waals surface area (Å²) in [6, 6.07) is 4.46. The van der Waals surface area contributed by atoms with E-state index in [1.54, 1.807) is 15.5 Å². The van der Waals surface area contributed by atoms with Crippen molar-refractivity contribution in [2.24, 2.45) is 5.92 Å². The molecule has 1 aromatic carbocycles. The molecule has 1 amide bonds. The molecule has 5 nitrogen and oxygen atoms in total. The Balaban J connectivity index is 1.64. The number of amides is 1. The van der Waals surface area contributed by atoms with Gasteiger partial charge in [-0.1, -0.05) is 11.3 Å². The molecule has 0 aliphatic carbocycles. The minimum Gasteiger partial charge on any atom is -0.444 e. The Bertz CT molecular complexity index is 829. The van der Waals surface area contributed by atoms with E-state index in [2.05, 4.69) is 0 Å². The van der Waals surface area contributed by atoms with Crippen LogP contribution in [-0.4, -0.2) is 34.3 Å². The van der Waals surface area contributed by atoms with Crippen LogP contribution in [0.5, 0.6) is 0 Å². The van der Waals surface area contributed by atoms with Crippen molar-refractivity contribution < 1.29 is 13.9 Å². The van der Waals surface area contributed by atoms with Gasteiger partial charge in [0.25, 0.3) is 0 Å². The second-order valence-corrected chi connectivity index (χ2v) is 8.49. The Labute approximate surface area is 150 Å². The molecule has 0 spiro atoms. The Morgan fingerprint density at radius 3 is 2.64 bits per heavy atom. The fraction of sp³-hybridized carbons (Fsp3) is 0.556. The van der Waals surface area contributed by atoms with Gasteiger partial charge in [0.1, 0.15) is 11.4 Å². The molecule has 1 aromatic heterocycles. The van der Waals surface area contributed by atoms with Crippen LogP contribution in [0.2, 0.25) is 0 Å². The molecule has 0 unspecified atom stereocenters. The van der Waals surface area contributed by atoms with Gasteiger partial charge < -0.3 is 9.64 Å². The summed E-state index contributed by atoms with van der Waals surface area (Å²) >= 11 is 1.08. The van der Waals surface area contributed by atoms with Gasteiger partial charge in [-0.2, -0.15) is 0 Å². The van der Waals surface area contributed by atoms with E-state index in [1.807, 2.05) is 20.8 Å².